The molecule has 1 N–H and O–H groups in total. The molecule has 170 valence electrons. The number of benzene rings is 1. The molecule has 0 bridgehead atoms. The second-order valence-electron chi connectivity index (χ2n) is 7.37. The number of rotatable bonds is 7. The number of thiophene rings is 1. The maximum Gasteiger partial charge on any atom is 0.238 e. The summed E-state index contributed by atoms with van der Waals surface area (Å²) in [6.45, 7) is 6.86. The van der Waals surface area contributed by atoms with E-state index in [1.54, 1.807) is 18.3 Å². The molecule has 1 unspecified atom stereocenters. The van der Waals surface area contributed by atoms with Crippen molar-refractivity contribution >= 4 is 44.9 Å². The third-order valence-corrected chi connectivity index (χ3v) is 7.32. The fraction of sp³-hybridized carbons (Fsp3) is 0.280. The summed E-state index contributed by atoms with van der Waals surface area (Å²) in [5.74, 6) is 6.31. The first-order valence-corrected chi connectivity index (χ1v) is 12.5. The molecule has 0 radical (unpaired) electrons. The Labute approximate surface area is 201 Å². The van der Waals surface area contributed by atoms with Gasteiger partial charge in [-0.1, -0.05) is 31.8 Å². The quantitative estimate of drug-likeness (QED) is 0.427. The smallest absolute Gasteiger partial charge is 0.238 e. The lowest BCUT2D eigenvalue weighted by atomic mass is 10.2. The molecular formula is C25H24FN3O2S2. The number of nitrogens with one attached hydrogen (secondary N) is 1. The molecule has 1 aliphatic heterocycles. The second-order valence-corrected chi connectivity index (χ2v) is 9.53. The van der Waals surface area contributed by atoms with Crippen LogP contribution in [0, 0.1) is 17.7 Å². The molecule has 0 aliphatic carbocycles. The van der Waals surface area contributed by atoms with Crippen LogP contribution in [0.15, 0.2) is 48.0 Å². The molecule has 1 atom stereocenters. The normalized spacial score (nSPS) is 15.0. The average Bonchev–Trinajstić information content (AvgIpc) is 3.49. The van der Waals surface area contributed by atoms with Crippen molar-refractivity contribution in [1.29, 1.82) is 0 Å². The zero-order valence-electron chi connectivity index (χ0n) is 18.4. The highest BCUT2D eigenvalue weighted by Crippen LogP contribution is 2.36. The van der Waals surface area contributed by atoms with Crippen molar-refractivity contribution in [2.24, 2.45) is 0 Å². The predicted octanol–water partition coefficient (Wildman–Crippen LogP) is 5.88. The number of carbonyl (C=O) groups excluding carboxylic acids is 1. The number of thioether (sulfide) groups is 1. The largest absolute Gasteiger partial charge is 0.453 e. The van der Waals surface area contributed by atoms with E-state index in [4.69, 9.17) is 4.74 Å². The second kappa shape index (κ2) is 10.8. The van der Waals surface area contributed by atoms with Gasteiger partial charge in [-0.25, -0.2) is 4.39 Å². The number of fused-ring (bicyclic) bond motifs is 1. The van der Waals surface area contributed by atoms with Gasteiger partial charge in [-0.2, -0.15) is 0 Å². The number of hydrogen-bond acceptors (Lipinski definition) is 6. The number of nitrogens with zero attached hydrogens (tertiary/aromatic N) is 2. The van der Waals surface area contributed by atoms with Gasteiger partial charge in [-0.05, 0) is 43.1 Å². The molecule has 0 saturated heterocycles. The van der Waals surface area contributed by atoms with Gasteiger partial charge in [0, 0.05) is 24.0 Å². The van der Waals surface area contributed by atoms with Crippen LogP contribution < -0.4 is 10.1 Å². The van der Waals surface area contributed by atoms with E-state index >= 15 is 0 Å². The average molecular weight is 482 g/mol. The van der Waals surface area contributed by atoms with E-state index in [9.17, 15) is 9.18 Å². The van der Waals surface area contributed by atoms with E-state index in [1.165, 1.54) is 35.2 Å². The van der Waals surface area contributed by atoms with Gasteiger partial charge in [0.25, 0.3) is 0 Å². The Morgan fingerprint density at radius 2 is 2.12 bits per heavy atom. The topological polar surface area (TPSA) is 54.5 Å². The van der Waals surface area contributed by atoms with Crippen LogP contribution in [0.5, 0.6) is 11.5 Å². The summed E-state index contributed by atoms with van der Waals surface area (Å²) in [6.07, 6.45) is 4.27. The van der Waals surface area contributed by atoms with Gasteiger partial charge >= 0.3 is 0 Å². The molecule has 33 heavy (non-hydrogen) atoms. The van der Waals surface area contributed by atoms with Crippen molar-refractivity contribution in [3.8, 4) is 23.3 Å². The highest BCUT2D eigenvalue weighted by Gasteiger charge is 2.20. The molecule has 3 heterocycles. The predicted molar refractivity (Wildman–Crippen MR) is 135 cm³/mol. The van der Waals surface area contributed by atoms with Crippen LogP contribution in [0.2, 0.25) is 0 Å². The number of amides is 1. The van der Waals surface area contributed by atoms with Gasteiger partial charge in [0.05, 0.1) is 26.9 Å². The first-order chi connectivity index (χ1) is 16.1. The van der Waals surface area contributed by atoms with Crippen LogP contribution in [-0.2, 0) is 4.79 Å². The maximum absolute atomic E-state index is 14.7. The Kier molecular flexibility index (Phi) is 7.65. The number of allylic oxidation sites excluding steroid dienone is 1. The SMILES string of the molecule is CCN(CC)CC#Cc1cc2nccc(Oc3ccc(NC(=O)C4CC=CS4)cc3F)c2s1. The fourth-order valence-electron chi connectivity index (χ4n) is 3.30. The van der Waals surface area contributed by atoms with Crippen LogP contribution in [0.25, 0.3) is 10.2 Å². The number of anilines is 1. The van der Waals surface area contributed by atoms with Crippen molar-refractivity contribution in [2.45, 2.75) is 25.5 Å². The van der Waals surface area contributed by atoms with Crippen molar-refractivity contribution in [3.05, 3.63) is 58.7 Å². The molecule has 2 aromatic heterocycles. The molecule has 0 saturated carbocycles. The van der Waals surface area contributed by atoms with Crippen molar-refractivity contribution in [3.63, 3.8) is 0 Å². The first kappa shape index (κ1) is 23.3. The fourth-order valence-corrected chi connectivity index (χ4v) is 5.06. The molecule has 3 aromatic rings. The molecule has 0 fully saturated rings. The molecule has 5 nitrogen and oxygen atoms in total. The highest BCUT2D eigenvalue weighted by atomic mass is 32.2. The molecule has 8 heteroatoms. The van der Waals surface area contributed by atoms with E-state index in [0.717, 1.165) is 28.2 Å². The van der Waals surface area contributed by atoms with Crippen LogP contribution in [0.1, 0.15) is 25.1 Å². The summed E-state index contributed by atoms with van der Waals surface area (Å²) < 4.78 is 21.4. The first-order valence-electron chi connectivity index (χ1n) is 10.8. The number of ether oxygens (including phenoxy) is 1. The lowest BCUT2D eigenvalue weighted by Gasteiger charge is -2.12. The van der Waals surface area contributed by atoms with Crippen molar-refractivity contribution in [1.82, 2.24) is 9.88 Å². The minimum absolute atomic E-state index is 0.0833. The zero-order valence-corrected chi connectivity index (χ0v) is 20.1. The highest BCUT2D eigenvalue weighted by molar-refractivity contribution is 8.03. The Morgan fingerprint density at radius 3 is 2.85 bits per heavy atom. The summed E-state index contributed by atoms with van der Waals surface area (Å²) in [7, 11) is 0. The summed E-state index contributed by atoms with van der Waals surface area (Å²) in [5.41, 5.74) is 1.16. The molecule has 4 rings (SSSR count). The molecule has 1 aliphatic rings. The maximum atomic E-state index is 14.7. The van der Waals surface area contributed by atoms with Crippen molar-refractivity contribution < 1.29 is 13.9 Å². The monoisotopic (exact) mass is 481 g/mol. The van der Waals surface area contributed by atoms with Crippen LogP contribution in [-0.4, -0.2) is 40.7 Å². The number of halogens is 1. The minimum atomic E-state index is -0.550. The summed E-state index contributed by atoms with van der Waals surface area (Å²) in [4.78, 5) is 19.8. The van der Waals surface area contributed by atoms with E-state index in [1.807, 2.05) is 17.6 Å². The summed E-state index contributed by atoms with van der Waals surface area (Å²) >= 11 is 2.94. The van der Waals surface area contributed by atoms with Gasteiger partial charge in [-0.15, -0.1) is 23.1 Å². The van der Waals surface area contributed by atoms with E-state index < -0.39 is 5.82 Å². The Bertz CT molecular complexity index is 1230. The standard InChI is InChI=1S/C25H24FN3O2S2/c1-3-29(4-2)13-5-7-18-16-20-24(33-18)22(11-12-27-20)31-21-10-9-17(15-19(21)26)28-25(30)23-8-6-14-32-23/h6,9-12,14-16,23H,3-4,8,13H2,1-2H3,(H,28,30). The van der Waals surface area contributed by atoms with Gasteiger partial charge in [0.1, 0.15) is 5.75 Å². The molecule has 1 amide bonds. The third-order valence-electron chi connectivity index (χ3n) is 5.19. The molecular weight excluding hydrogens is 457 g/mol. The van der Waals surface area contributed by atoms with E-state index in [-0.39, 0.29) is 16.9 Å². The van der Waals surface area contributed by atoms with E-state index in [2.05, 4.69) is 40.9 Å². The van der Waals surface area contributed by atoms with Crippen LogP contribution >= 0.6 is 23.1 Å². The Hall–Kier alpha value is -2.86. The number of pyridine rings is 1. The van der Waals surface area contributed by atoms with Crippen LogP contribution in [0.3, 0.4) is 0 Å². The summed E-state index contributed by atoms with van der Waals surface area (Å²) in [5, 5.41) is 4.50. The number of hydrogen-bond donors (Lipinski definition) is 1. The molecule has 0 spiro atoms. The zero-order chi connectivity index (χ0) is 23.2. The van der Waals surface area contributed by atoms with Gasteiger partial charge in [0.2, 0.25) is 5.91 Å². The third kappa shape index (κ3) is 5.74. The molecule has 1 aromatic carbocycles. The number of aromatic nitrogens is 1. The lowest BCUT2D eigenvalue weighted by Crippen LogP contribution is -2.23. The number of carbonyl (C=O) groups is 1. The van der Waals surface area contributed by atoms with E-state index in [0.29, 0.717) is 24.4 Å². The van der Waals surface area contributed by atoms with Gasteiger partial charge < -0.3 is 10.1 Å². The van der Waals surface area contributed by atoms with Crippen molar-refractivity contribution in [2.75, 3.05) is 25.0 Å². The lowest BCUT2D eigenvalue weighted by molar-refractivity contribution is -0.115. The summed E-state index contributed by atoms with van der Waals surface area (Å²) in [6, 6.07) is 8.07. The van der Waals surface area contributed by atoms with Crippen LogP contribution in [0.4, 0.5) is 10.1 Å². The Balaban J connectivity index is 1.48. The van der Waals surface area contributed by atoms with Gasteiger partial charge in [-0.3, -0.25) is 14.7 Å². The minimum Gasteiger partial charge on any atom is -0.453 e. The Morgan fingerprint density at radius 1 is 1.27 bits per heavy atom. The van der Waals surface area contributed by atoms with Gasteiger partial charge in [0.15, 0.2) is 11.6 Å².